The summed E-state index contributed by atoms with van der Waals surface area (Å²) >= 11 is 7.25. The number of hydrogen-bond donors (Lipinski definition) is 1. The first-order valence-corrected chi connectivity index (χ1v) is 7.66. The number of carbonyl (C=O) groups is 3. The largest absolute Gasteiger partial charge is 0.448 e. The Bertz CT molecular complexity index is 770. The SMILES string of the molecule is C[C@@H](OC(=O)c1c(Cl)nc2sccn12)C(=O)N1CCNC1=O. The van der Waals surface area contributed by atoms with Crippen LogP contribution in [0.3, 0.4) is 0 Å². The van der Waals surface area contributed by atoms with Gasteiger partial charge in [0.1, 0.15) is 0 Å². The summed E-state index contributed by atoms with van der Waals surface area (Å²) in [5.74, 6) is -1.35. The standard InChI is InChI=1S/C12H11ClN4O4S/c1-6(9(18)17-3-2-14-11(17)20)21-10(19)7-8(13)15-12-16(7)4-5-22-12/h4-6H,2-3H2,1H3,(H,14,20)/t6-/m1/s1. The lowest BCUT2D eigenvalue weighted by atomic mass is 10.3. The zero-order chi connectivity index (χ0) is 15.9. The highest BCUT2D eigenvalue weighted by molar-refractivity contribution is 7.15. The number of hydrogen-bond acceptors (Lipinski definition) is 6. The first-order chi connectivity index (χ1) is 10.5. The maximum atomic E-state index is 12.2. The summed E-state index contributed by atoms with van der Waals surface area (Å²) in [4.78, 5) is 41.3. The number of halogens is 1. The van der Waals surface area contributed by atoms with Crippen LogP contribution in [0.15, 0.2) is 11.6 Å². The van der Waals surface area contributed by atoms with Crippen LogP contribution in [0.4, 0.5) is 4.79 Å². The van der Waals surface area contributed by atoms with Gasteiger partial charge in [0.15, 0.2) is 21.9 Å². The highest BCUT2D eigenvalue weighted by atomic mass is 35.5. The smallest absolute Gasteiger partial charge is 0.359 e. The fraction of sp³-hybridized carbons (Fsp3) is 0.333. The third-order valence-electron chi connectivity index (χ3n) is 3.17. The van der Waals surface area contributed by atoms with Crippen LogP contribution in [0, 0.1) is 0 Å². The molecule has 3 amide bonds. The first-order valence-electron chi connectivity index (χ1n) is 6.40. The van der Waals surface area contributed by atoms with Gasteiger partial charge in [-0.1, -0.05) is 11.6 Å². The topological polar surface area (TPSA) is 93.0 Å². The average Bonchev–Trinajstić information content (AvgIpc) is 3.13. The van der Waals surface area contributed by atoms with Gasteiger partial charge in [-0.05, 0) is 6.92 Å². The van der Waals surface area contributed by atoms with Crippen molar-refractivity contribution >= 4 is 45.8 Å². The molecule has 22 heavy (non-hydrogen) atoms. The lowest BCUT2D eigenvalue weighted by Crippen LogP contribution is -2.41. The number of carbonyl (C=O) groups excluding carboxylic acids is 3. The van der Waals surface area contributed by atoms with E-state index in [0.717, 1.165) is 4.90 Å². The Morgan fingerprint density at radius 2 is 2.32 bits per heavy atom. The van der Waals surface area contributed by atoms with Gasteiger partial charge in [-0.2, -0.15) is 0 Å². The molecule has 1 N–H and O–H groups in total. The van der Waals surface area contributed by atoms with Gasteiger partial charge in [0.2, 0.25) is 0 Å². The summed E-state index contributed by atoms with van der Waals surface area (Å²) in [5, 5.41) is 4.27. The van der Waals surface area contributed by atoms with Gasteiger partial charge >= 0.3 is 12.0 Å². The van der Waals surface area contributed by atoms with Gasteiger partial charge in [-0.15, -0.1) is 11.3 Å². The van der Waals surface area contributed by atoms with E-state index in [1.165, 1.54) is 22.7 Å². The van der Waals surface area contributed by atoms with Crippen LogP contribution in [0.1, 0.15) is 17.4 Å². The normalized spacial score (nSPS) is 15.9. The highest BCUT2D eigenvalue weighted by Gasteiger charge is 2.32. The fourth-order valence-electron chi connectivity index (χ4n) is 2.11. The monoisotopic (exact) mass is 342 g/mol. The van der Waals surface area contributed by atoms with Crippen molar-refractivity contribution in [2.45, 2.75) is 13.0 Å². The van der Waals surface area contributed by atoms with Crippen LogP contribution < -0.4 is 5.32 Å². The van der Waals surface area contributed by atoms with Gasteiger partial charge in [0.05, 0.1) is 0 Å². The molecule has 1 saturated heterocycles. The Balaban J connectivity index is 1.76. The van der Waals surface area contributed by atoms with E-state index in [4.69, 9.17) is 16.3 Å². The van der Waals surface area contributed by atoms with Gasteiger partial charge in [0, 0.05) is 24.7 Å². The van der Waals surface area contributed by atoms with Crippen LogP contribution in [-0.4, -0.2) is 51.4 Å². The quantitative estimate of drug-likeness (QED) is 0.844. The molecule has 0 unspecified atom stereocenters. The average molecular weight is 343 g/mol. The van der Waals surface area contributed by atoms with Crippen molar-refractivity contribution in [2.75, 3.05) is 13.1 Å². The minimum absolute atomic E-state index is 0.00964. The van der Waals surface area contributed by atoms with Gasteiger partial charge < -0.3 is 10.1 Å². The van der Waals surface area contributed by atoms with E-state index in [-0.39, 0.29) is 17.4 Å². The van der Waals surface area contributed by atoms with Crippen LogP contribution in [0.5, 0.6) is 0 Å². The number of ether oxygens (including phenoxy) is 1. The number of nitrogens with one attached hydrogen (secondary N) is 1. The molecule has 0 radical (unpaired) electrons. The number of thiazole rings is 1. The number of nitrogens with zero attached hydrogens (tertiary/aromatic N) is 3. The molecule has 3 heterocycles. The summed E-state index contributed by atoms with van der Waals surface area (Å²) in [6.07, 6.45) is 0.534. The maximum Gasteiger partial charge on any atom is 0.359 e. The van der Waals surface area contributed by atoms with Crippen molar-refractivity contribution in [3.63, 3.8) is 0 Å². The van der Waals surface area contributed by atoms with Crippen LogP contribution in [-0.2, 0) is 9.53 Å². The number of rotatable bonds is 3. The third-order valence-corrected chi connectivity index (χ3v) is 4.19. The highest BCUT2D eigenvalue weighted by Crippen LogP contribution is 2.22. The first kappa shape index (κ1) is 14.8. The van der Waals surface area contributed by atoms with E-state index in [0.29, 0.717) is 11.5 Å². The second kappa shape index (κ2) is 5.58. The van der Waals surface area contributed by atoms with E-state index >= 15 is 0 Å². The van der Waals surface area contributed by atoms with Crippen molar-refractivity contribution in [2.24, 2.45) is 0 Å². The number of urea groups is 1. The molecule has 10 heteroatoms. The number of fused-ring (bicyclic) bond motifs is 1. The molecule has 0 bridgehead atoms. The summed E-state index contributed by atoms with van der Waals surface area (Å²) in [6, 6.07) is -0.490. The number of aromatic nitrogens is 2. The number of imide groups is 1. The predicted molar refractivity (Wildman–Crippen MR) is 78.1 cm³/mol. The Morgan fingerprint density at radius 3 is 3.00 bits per heavy atom. The Hall–Kier alpha value is -2.13. The molecule has 1 aliphatic rings. The zero-order valence-corrected chi connectivity index (χ0v) is 13.0. The van der Waals surface area contributed by atoms with Gasteiger partial charge in [0.25, 0.3) is 5.91 Å². The van der Waals surface area contributed by atoms with E-state index < -0.39 is 24.0 Å². The molecule has 2 aromatic heterocycles. The molecule has 3 rings (SSSR count). The zero-order valence-electron chi connectivity index (χ0n) is 11.4. The molecular weight excluding hydrogens is 332 g/mol. The fourth-order valence-corrected chi connectivity index (χ4v) is 3.12. The van der Waals surface area contributed by atoms with Crippen molar-refractivity contribution in [1.82, 2.24) is 19.6 Å². The van der Waals surface area contributed by atoms with Crippen LogP contribution >= 0.6 is 22.9 Å². The lowest BCUT2D eigenvalue weighted by molar-refractivity contribution is -0.136. The molecule has 8 nitrogen and oxygen atoms in total. The van der Waals surface area contributed by atoms with Crippen LogP contribution in [0.25, 0.3) is 4.96 Å². The van der Waals surface area contributed by atoms with E-state index in [2.05, 4.69) is 10.3 Å². The summed E-state index contributed by atoms with van der Waals surface area (Å²) in [5.41, 5.74) is 0.0587. The summed E-state index contributed by atoms with van der Waals surface area (Å²) < 4.78 is 6.62. The lowest BCUT2D eigenvalue weighted by Gasteiger charge is -2.17. The maximum absolute atomic E-state index is 12.2. The number of amides is 3. The molecule has 0 spiro atoms. The third kappa shape index (κ3) is 2.42. The van der Waals surface area contributed by atoms with E-state index in [1.54, 1.807) is 11.6 Å². The van der Waals surface area contributed by atoms with Crippen LogP contribution in [0.2, 0.25) is 5.15 Å². The molecule has 0 aliphatic carbocycles. The molecule has 0 saturated carbocycles. The van der Waals surface area contributed by atoms with Crippen molar-refractivity contribution in [1.29, 1.82) is 0 Å². The van der Waals surface area contributed by atoms with Crippen molar-refractivity contribution in [3.8, 4) is 0 Å². The molecule has 0 aromatic carbocycles. The van der Waals surface area contributed by atoms with Gasteiger partial charge in [-0.25, -0.2) is 14.6 Å². The number of esters is 1. The second-order valence-electron chi connectivity index (χ2n) is 4.58. The molecule has 1 aliphatic heterocycles. The Labute approximate surface area is 133 Å². The van der Waals surface area contributed by atoms with E-state index in [9.17, 15) is 14.4 Å². The van der Waals surface area contributed by atoms with Crippen molar-refractivity contribution < 1.29 is 19.1 Å². The Morgan fingerprint density at radius 1 is 1.55 bits per heavy atom. The molecular formula is C12H11ClN4O4S. The molecule has 1 atom stereocenters. The van der Waals surface area contributed by atoms with E-state index in [1.807, 2.05) is 0 Å². The predicted octanol–water partition coefficient (Wildman–Crippen LogP) is 1.15. The molecule has 2 aromatic rings. The van der Waals surface area contributed by atoms with Crippen molar-refractivity contribution in [3.05, 3.63) is 22.4 Å². The van der Waals surface area contributed by atoms with Gasteiger partial charge in [-0.3, -0.25) is 14.1 Å². The minimum atomic E-state index is -1.10. The second-order valence-corrected chi connectivity index (χ2v) is 5.81. The summed E-state index contributed by atoms with van der Waals surface area (Å²) in [7, 11) is 0. The number of imidazole rings is 1. The minimum Gasteiger partial charge on any atom is -0.448 e. The molecule has 116 valence electrons. The Kier molecular flexibility index (Phi) is 3.75. The summed E-state index contributed by atoms with van der Waals surface area (Å²) in [6.45, 7) is 2.04. The molecule has 1 fully saturated rings.